The van der Waals surface area contributed by atoms with Gasteiger partial charge in [0.25, 0.3) is 0 Å². The van der Waals surface area contributed by atoms with Crippen molar-refractivity contribution in [1.29, 1.82) is 0 Å². The van der Waals surface area contributed by atoms with Crippen LogP contribution >= 0.6 is 15.9 Å². The van der Waals surface area contributed by atoms with Crippen LogP contribution in [-0.4, -0.2) is 17.1 Å². The van der Waals surface area contributed by atoms with Crippen LogP contribution in [0, 0.1) is 0 Å². The van der Waals surface area contributed by atoms with E-state index in [4.69, 9.17) is 10.5 Å². The van der Waals surface area contributed by atoms with Crippen LogP contribution in [0.3, 0.4) is 0 Å². The van der Waals surface area contributed by atoms with Crippen molar-refractivity contribution in [2.45, 2.75) is 12.5 Å². The molecule has 1 aromatic carbocycles. The molecular weight excluding hydrogens is 294 g/mol. The van der Waals surface area contributed by atoms with E-state index >= 15 is 0 Å². The Morgan fingerprint density at radius 3 is 2.67 bits per heavy atom. The van der Waals surface area contributed by atoms with E-state index in [1.54, 1.807) is 13.2 Å². The zero-order chi connectivity index (χ0) is 13.0. The Balaban J connectivity index is 2.11. The van der Waals surface area contributed by atoms with Crippen molar-refractivity contribution in [2.75, 3.05) is 7.11 Å². The number of halogens is 1. The largest absolute Gasteiger partial charge is 0.481 e. The third-order valence-electron chi connectivity index (χ3n) is 2.62. The molecule has 94 valence electrons. The monoisotopic (exact) mass is 307 g/mol. The van der Waals surface area contributed by atoms with Gasteiger partial charge in [0.1, 0.15) is 6.33 Å². The molecule has 0 saturated heterocycles. The van der Waals surface area contributed by atoms with E-state index < -0.39 is 0 Å². The molecule has 0 radical (unpaired) electrons. The lowest BCUT2D eigenvalue weighted by atomic mass is 10.0. The molecule has 1 heterocycles. The van der Waals surface area contributed by atoms with Crippen molar-refractivity contribution in [3.8, 4) is 5.88 Å². The third-order valence-corrected chi connectivity index (χ3v) is 3.15. The number of benzene rings is 1. The second-order valence-corrected chi connectivity index (χ2v) is 4.84. The van der Waals surface area contributed by atoms with Gasteiger partial charge in [-0.25, -0.2) is 9.97 Å². The molecule has 0 aliphatic carbocycles. The predicted octanol–water partition coefficient (Wildman–Crippen LogP) is 2.49. The van der Waals surface area contributed by atoms with Crippen molar-refractivity contribution in [3.63, 3.8) is 0 Å². The fourth-order valence-corrected chi connectivity index (χ4v) is 1.91. The maximum Gasteiger partial charge on any atom is 0.216 e. The maximum atomic E-state index is 6.13. The molecule has 2 rings (SSSR count). The summed E-state index contributed by atoms with van der Waals surface area (Å²) < 4.78 is 6.12. The standard InChI is InChI=1S/C13H14BrN3O/c1-18-13-7-12(16-8-17-13)11(15)6-9-2-4-10(14)5-3-9/h2-5,7-8,11H,6,15H2,1H3. The van der Waals surface area contributed by atoms with Gasteiger partial charge >= 0.3 is 0 Å². The summed E-state index contributed by atoms with van der Waals surface area (Å²) in [6.45, 7) is 0. The summed E-state index contributed by atoms with van der Waals surface area (Å²) in [6.07, 6.45) is 2.20. The van der Waals surface area contributed by atoms with Gasteiger partial charge in [-0.15, -0.1) is 0 Å². The van der Waals surface area contributed by atoms with E-state index in [9.17, 15) is 0 Å². The number of nitrogens with zero attached hydrogens (tertiary/aromatic N) is 2. The molecule has 1 atom stereocenters. The topological polar surface area (TPSA) is 61.0 Å². The summed E-state index contributed by atoms with van der Waals surface area (Å²) in [5, 5.41) is 0. The molecule has 0 aliphatic rings. The highest BCUT2D eigenvalue weighted by molar-refractivity contribution is 9.10. The summed E-state index contributed by atoms with van der Waals surface area (Å²) in [5.74, 6) is 0.534. The second kappa shape index (κ2) is 5.93. The fourth-order valence-electron chi connectivity index (χ4n) is 1.65. The van der Waals surface area contributed by atoms with Crippen LogP contribution in [0.4, 0.5) is 0 Å². The molecule has 0 aliphatic heterocycles. The molecule has 0 amide bonds. The van der Waals surface area contributed by atoms with Gasteiger partial charge in [-0.2, -0.15) is 0 Å². The maximum absolute atomic E-state index is 6.13. The van der Waals surface area contributed by atoms with E-state index in [2.05, 4.69) is 25.9 Å². The zero-order valence-corrected chi connectivity index (χ0v) is 11.6. The van der Waals surface area contributed by atoms with Crippen molar-refractivity contribution in [2.24, 2.45) is 5.73 Å². The van der Waals surface area contributed by atoms with E-state index in [-0.39, 0.29) is 6.04 Å². The van der Waals surface area contributed by atoms with Gasteiger partial charge in [-0.05, 0) is 24.1 Å². The van der Waals surface area contributed by atoms with Gasteiger partial charge in [0.15, 0.2) is 0 Å². The third kappa shape index (κ3) is 3.27. The SMILES string of the molecule is COc1cc(C(N)Cc2ccc(Br)cc2)ncn1. The van der Waals surface area contributed by atoms with E-state index in [1.807, 2.05) is 24.3 Å². The lowest BCUT2D eigenvalue weighted by Gasteiger charge is -2.11. The molecule has 0 spiro atoms. The first kappa shape index (κ1) is 13.0. The highest BCUT2D eigenvalue weighted by Crippen LogP contribution is 2.18. The van der Waals surface area contributed by atoms with Crippen LogP contribution in [0.25, 0.3) is 0 Å². The Morgan fingerprint density at radius 2 is 2.00 bits per heavy atom. The van der Waals surface area contributed by atoms with Crippen LogP contribution in [0.2, 0.25) is 0 Å². The van der Waals surface area contributed by atoms with Crippen molar-refractivity contribution in [3.05, 3.63) is 52.4 Å². The average Bonchev–Trinajstić information content (AvgIpc) is 2.41. The molecule has 1 aromatic heterocycles. The summed E-state index contributed by atoms with van der Waals surface area (Å²) >= 11 is 3.41. The highest BCUT2D eigenvalue weighted by Gasteiger charge is 2.10. The quantitative estimate of drug-likeness (QED) is 0.942. The number of nitrogens with two attached hydrogens (primary N) is 1. The van der Waals surface area contributed by atoms with Gasteiger partial charge < -0.3 is 10.5 Å². The Labute approximate surface area is 114 Å². The van der Waals surface area contributed by atoms with Crippen LogP contribution in [0.15, 0.2) is 41.1 Å². The van der Waals surface area contributed by atoms with Crippen molar-refractivity contribution < 1.29 is 4.74 Å². The number of ether oxygens (including phenoxy) is 1. The minimum atomic E-state index is -0.164. The first-order chi connectivity index (χ1) is 8.69. The fraction of sp³-hybridized carbons (Fsp3) is 0.231. The van der Waals surface area contributed by atoms with E-state index in [0.717, 1.165) is 16.6 Å². The van der Waals surface area contributed by atoms with E-state index in [0.29, 0.717) is 5.88 Å². The molecular formula is C13H14BrN3O. The molecule has 2 aromatic rings. The number of methoxy groups -OCH3 is 1. The van der Waals surface area contributed by atoms with Gasteiger partial charge in [0, 0.05) is 10.5 Å². The number of rotatable bonds is 4. The average molecular weight is 308 g/mol. The highest BCUT2D eigenvalue weighted by atomic mass is 79.9. The molecule has 0 saturated carbocycles. The Bertz CT molecular complexity index is 516. The summed E-state index contributed by atoms with van der Waals surface area (Å²) in [7, 11) is 1.58. The molecule has 0 fully saturated rings. The van der Waals surface area contributed by atoms with Crippen molar-refractivity contribution in [1.82, 2.24) is 9.97 Å². The van der Waals surface area contributed by atoms with Gasteiger partial charge in [0.05, 0.1) is 18.8 Å². The zero-order valence-electron chi connectivity index (χ0n) is 10.0. The lowest BCUT2D eigenvalue weighted by Crippen LogP contribution is -2.15. The Hall–Kier alpha value is -1.46. The van der Waals surface area contributed by atoms with Gasteiger partial charge in [-0.1, -0.05) is 28.1 Å². The summed E-state index contributed by atoms with van der Waals surface area (Å²) in [6, 6.07) is 9.70. The molecule has 2 N–H and O–H groups in total. The van der Waals surface area contributed by atoms with Crippen LogP contribution in [0.5, 0.6) is 5.88 Å². The molecule has 5 heteroatoms. The second-order valence-electron chi connectivity index (χ2n) is 3.92. The minimum Gasteiger partial charge on any atom is -0.481 e. The smallest absolute Gasteiger partial charge is 0.216 e. The molecule has 0 bridgehead atoms. The summed E-state index contributed by atoms with van der Waals surface area (Å²) in [5.41, 5.74) is 8.08. The van der Waals surface area contributed by atoms with Crippen LogP contribution in [0.1, 0.15) is 17.3 Å². The molecule has 1 unspecified atom stereocenters. The van der Waals surface area contributed by atoms with Gasteiger partial charge in [0.2, 0.25) is 5.88 Å². The minimum absolute atomic E-state index is 0.164. The Kier molecular flexibility index (Phi) is 4.28. The Morgan fingerprint density at radius 1 is 1.28 bits per heavy atom. The summed E-state index contributed by atoms with van der Waals surface area (Å²) in [4.78, 5) is 8.14. The van der Waals surface area contributed by atoms with Crippen LogP contribution < -0.4 is 10.5 Å². The normalized spacial score (nSPS) is 12.2. The predicted molar refractivity (Wildman–Crippen MR) is 73.4 cm³/mol. The van der Waals surface area contributed by atoms with Crippen molar-refractivity contribution >= 4 is 15.9 Å². The van der Waals surface area contributed by atoms with E-state index in [1.165, 1.54) is 11.9 Å². The lowest BCUT2D eigenvalue weighted by molar-refractivity contribution is 0.395. The number of aromatic nitrogens is 2. The number of hydrogen-bond acceptors (Lipinski definition) is 4. The number of hydrogen-bond donors (Lipinski definition) is 1. The first-order valence-corrected chi connectivity index (χ1v) is 6.34. The van der Waals surface area contributed by atoms with Gasteiger partial charge in [-0.3, -0.25) is 0 Å². The first-order valence-electron chi connectivity index (χ1n) is 5.55. The molecule has 18 heavy (non-hydrogen) atoms. The van der Waals surface area contributed by atoms with Crippen LogP contribution in [-0.2, 0) is 6.42 Å². The molecule has 4 nitrogen and oxygen atoms in total.